The van der Waals surface area contributed by atoms with Gasteiger partial charge in [-0.3, -0.25) is 9.69 Å². The molecule has 0 saturated carbocycles. The van der Waals surface area contributed by atoms with Crippen molar-refractivity contribution in [1.82, 2.24) is 30.1 Å². The lowest BCUT2D eigenvalue weighted by molar-refractivity contribution is 0.148. The SMILES string of the molecule is CCC(c1nnnn1CCc1ccccc1)N(Cc1ccco1)Cc1cc2cc(C)c(C)cc2[nH]c1=O. The van der Waals surface area contributed by atoms with Crippen molar-refractivity contribution >= 4 is 10.9 Å². The second kappa shape index (κ2) is 10.9. The smallest absolute Gasteiger partial charge is 0.252 e. The number of pyridine rings is 1. The number of aromatic amines is 1. The zero-order valence-corrected chi connectivity index (χ0v) is 21.5. The van der Waals surface area contributed by atoms with Gasteiger partial charge in [0.25, 0.3) is 5.56 Å². The molecule has 3 aromatic heterocycles. The Morgan fingerprint density at radius 3 is 2.59 bits per heavy atom. The van der Waals surface area contributed by atoms with Gasteiger partial charge in [-0.1, -0.05) is 37.3 Å². The molecule has 5 rings (SSSR count). The third-order valence-corrected chi connectivity index (χ3v) is 6.99. The molecule has 1 N–H and O–H groups in total. The highest BCUT2D eigenvalue weighted by molar-refractivity contribution is 5.80. The van der Waals surface area contributed by atoms with Crippen LogP contribution >= 0.6 is 0 Å². The minimum Gasteiger partial charge on any atom is -0.468 e. The molecule has 5 aromatic rings. The summed E-state index contributed by atoms with van der Waals surface area (Å²) in [6.45, 7) is 7.90. The van der Waals surface area contributed by atoms with Crippen LogP contribution in [-0.4, -0.2) is 30.1 Å². The standard InChI is InChI=1S/C29H32N6O2/c1-4-27(28-31-32-33-35(28)13-12-22-9-6-5-7-10-22)34(19-25-11-8-14-37-25)18-24-17-23-15-20(2)21(3)16-26(23)30-29(24)36/h5-11,14-17,27H,4,12-13,18-19H2,1-3H3,(H,30,36). The summed E-state index contributed by atoms with van der Waals surface area (Å²) in [6.07, 6.45) is 3.28. The van der Waals surface area contributed by atoms with Gasteiger partial charge in [0.15, 0.2) is 5.82 Å². The van der Waals surface area contributed by atoms with Gasteiger partial charge in [-0.2, -0.15) is 0 Å². The number of nitrogens with one attached hydrogen (secondary N) is 1. The number of furan rings is 1. The molecule has 0 saturated heterocycles. The van der Waals surface area contributed by atoms with E-state index in [-0.39, 0.29) is 11.6 Å². The maximum Gasteiger partial charge on any atom is 0.252 e. The summed E-state index contributed by atoms with van der Waals surface area (Å²) in [5.74, 6) is 1.61. The van der Waals surface area contributed by atoms with Crippen LogP contribution in [0.1, 0.15) is 53.2 Å². The predicted molar refractivity (Wildman–Crippen MR) is 143 cm³/mol. The van der Waals surface area contributed by atoms with Crippen LogP contribution in [0, 0.1) is 13.8 Å². The topological polar surface area (TPSA) is 92.8 Å². The highest BCUT2D eigenvalue weighted by atomic mass is 16.3. The largest absolute Gasteiger partial charge is 0.468 e. The third kappa shape index (κ3) is 5.54. The van der Waals surface area contributed by atoms with Gasteiger partial charge < -0.3 is 9.40 Å². The molecule has 3 heterocycles. The Hall–Kier alpha value is -4.04. The van der Waals surface area contributed by atoms with Gasteiger partial charge in [0, 0.05) is 24.2 Å². The number of H-pyrrole nitrogens is 1. The summed E-state index contributed by atoms with van der Waals surface area (Å²) in [6, 6.07) is 20.2. The average Bonchev–Trinajstić information content (AvgIpc) is 3.58. The molecule has 0 bridgehead atoms. The number of hydrogen-bond donors (Lipinski definition) is 1. The molecular weight excluding hydrogens is 464 g/mol. The van der Waals surface area contributed by atoms with E-state index in [1.807, 2.05) is 47.1 Å². The fraction of sp³-hybridized carbons (Fsp3) is 0.310. The Kier molecular flexibility index (Phi) is 7.28. The molecule has 0 aliphatic heterocycles. The van der Waals surface area contributed by atoms with Crippen LogP contribution < -0.4 is 5.56 Å². The van der Waals surface area contributed by atoms with Gasteiger partial charge in [-0.05, 0) is 89.5 Å². The molecule has 1 unspecified atom stereocenters. The highest BCUT2D eigenvalue weighted by Crippen LogP contribution is 2.27. The maximum atomic E-state index is 13.1. The number of fused-ring (bicyclic) bond motifs is 1. The minimum absolute atomic E-state index is 0.0845. The van der Waals surface area contributed by atoms with Crippen LogP contribution in [0.15, 0.2) is 76.1 Å². The predicted octanol–water partition coefficient (Wildman–Crippen LogP) is 5.12. The summed E-state index contributed by atoms with van der Waals surface area (Å²) in [5, 5.41) is 13.8. The van der Waals surface area contributed by atoms with Crippen molar-refractivity contribution in [2.24, 2.45) is 0 Å². The fourth-order valence-electron chi connectivity index (χ4n) is 4.83. The zero-order valence-electron chi connectivity index (χ0n) is 21.5. The molecule has 1 atom stereocenters. The lowest BCUT2D eigenvalue weighted by Gasteiger charge is -2.29. The van der Waals surface area contributed by atoms with E-state index in [0.717, 1.165) is 40.9 Å². The first-order valence-electron chi connectivity index (χ1n) is 12.7. The van der Waals surface area contributed by atoms with Crippen LogP contribution in [0.25, 0.3) is 10.9 Å². The summed E-state index contributed by atoms with van der Waals surface area (Å²) in [4.78, 5) is 18.4. The highest BCUT2D eigenvalue weighted by Gasteiger charge is 2.26. The second-order valence-corrected chi connectivity index (χ2v) is 9.55. The van der Waals surface area contributed by atoms with Crippen LogP contribution in [0.2, 0.25) is 0 Å². The van der Waals surface area contributed by atoms with E-state index >= 15 is 0 Å². The van der Waals surface area contributed by atoms with Crippen molar-refractivity contribution in [3.63, 3.8) is 0 Å². The number of hydrogen-bond acceptors (Lipinski definition) is 6. The van der Waals surface area contributed by atoms with Gasteiger partial charge >= 0.3 is 0 Å². The Bertz CT molecular complexity index is 1520. The molecule has 0 spiro atoms. The molecule has 190 valence electrons. The van der Waals surface area contributed by atoms with Crippen molar-refractivity contribution in [2.75, 3.05) is 0 Å². The summed E-state index contributed by atoms with van der Waals surface area (Å²) in [7, 11) is 0. The van der Waals surface area contributed by atoms with Crippen molar-refractivity contribution in [2.45, 2.75) is 59.3 Å². The molecule has 2 aromatic carbocycles. The minimum atomic E-state index is -0.106. The molecule has 0 aliphatic rings. The Morgan fingerprint density at radius 2 is 1.84 bits per heavy atom. The van der Waals surface area contributed by atoms with Gasteiger partial charge in [0.1, 0.15) is 5.76 Å². The first kappa shape index (κ1) is 24.6. The molecule has 0 fully saturated rings. The van der Waals surface area contributed by atoms with Gasteiger partial charge in [-0.15, -0.1) is 5.10 Å². The lowest BCUT2D eigenvalue weighted by atomic mass is 10.0. The molecule has 8 nitrogen and oxygen atoms in total. The Balaban J connectivity index is 1.47. The van der Waals surface area contributed by atoms with E-state index in [0.29, 0.717) is 25.2 Å². The number of tetrazole rings is 1. The van der Waals surface area contributed by atoms with Gasteiger partial charge in [0.05, 0.1) is 18.8 Å². The first-order valence-corrected chi connectivity index (χ1v) is 12.7. The van der Waals surface area contributed by atoms with E-state index in [9.17, 15) is 4.79 Å². The van der Waals surface area contributed by atoms with Crippen LogP contribution in [-0.2, 0) is 26.1 Å². The summed E-state index contributed by atoms with van der Waals surface area (Å²) < 4.78 is 7.57. The summed E-state index contributed by atoms with van der Waals surface area (Å²) in [5.41, 5.74) is 5.05. The number of benzene rings is 2. The van der Waals surface area contributed by atoms with Crippen molar-refractivity contribution in [3.8, 4) is 0 Å². The molecule has 8 heteroatoms. The fourth-order valence-corrected chi connectivity index (χ4v) is 4.83. The second-order valence-electron chi connectivity index (χ2n) is 9.55. The van der Waals surface area contributed by atoms with E-state index in [2.05, 4.69) is 64.4 Å². The lowest BCUT2D eigenvalue weighted by Crippen LogP contribution is -2.32. The molecule has 0 aliphatic carbocycles. The normalized spacial score (nSPS) is 12.4. The molecule has 0 amide bonds. The molecule has 0 radical (unpaired) electrons. The molecular formula is C29H32N6O2. The quantitative estimate of drug-likeness (QED) is 0.288. The van der Waals surface area contributed by atoms with Crippen LogP contribution in [0.5, 0.6) is 0 Å². The average molecular weight is 497 g/mol. The Morgan fingerprint density at radius 1 is 1.03 bits per heavy atom. The van der Waals surface area contributed by atoms with Gasteiger partial charge in [-0.25, -0.2) is 4.68 Å². The zero-order chi connectivity index (χ0) is 25.8. The van der Waals surface area contributed by atoms with E-state index in [1.165, 1.54) is 11.1 Å². The number of rotatable bonds is 10. The van der Waals surface area contributed by atoms with Crippen molar-refractivity contribution < 1.29 is 4.42 Å². The third-order valence-electron chi connectivity index (χ3n) is 6.99. The van der Waals surface area contributed by atoms with Gasteiger partial charge in [0.2, 0.25) is 0 Å². The Labute approximate surface area is 215 Å². The van der Waals surface area contributed by atoms with E-state index < -0.39 is 0 Å². The monoisotopic (exact) mass is 496 g/mol. The van der Waals surface area contributed by atoms with E-state index in [4.69, 9.17) is 4.42 Å². The van der Waals surface area contributed by atoms with Crippen molar-refractivity contribution in [3.05, 3.63) is 111 Å². The molecule has 37 heavy (non-hydrogen) atoms. The van der Waals surface area contributed by atoms with Crippen LogP contribution in [0.4, 0.5) is 0 Å². The number of nitrogens with zero attached hydrogens (tertiary/aromatic N) is 5. The summed E-state index contributed by atoms with van der Waals surface area (Å²) >= 11 is 0. The number of aryl methyl sites for hydroxylation is 4. The van der Waals surface area contributed by atoms with E-state index in [1.54, 1.807) is 6.26 Å². The van der Waals surface area contributed by atoms with Crippen molar-refractivity contribution in [1.29, 1.82) is 0 Å². The number of aromatic nitrogens is 5. The maximum absolute atomic E-state index is 13.1. The first-order chi connectivity index (χ1) is 18.0. The van der Waals surface area contributed by atoms with Crippen LogP contribution in [0.3, 0.4) is 0 Å².